The molecule has 0 spiro atoms. The van der Waals surface area contributed by atoms with Crippen LogP contribution in [0.5, 0.6) is 11.5 Å². The predicted octanol–water partition coefficient (Wildman–Crippen LogP) is 4.58. The van der Waals surface area contributed by atoms with Crippen molar-refractivity contribution in [3.8, 4) is 22.6 Å². The van der Waals surface area contributed by atoms with Gasteiger partial charge in [-0.1, -0.05) is 24.3 Å². The molecular formula is C27H40N2O3. The Bertz CT molecular complexity index is 819. The van der Waals surface area contributed by atoms with E-state index >= 15 is 0 Å². The van der Waals surface area contributed by atoms with Crippen molar-refractivity contribution < 1.29 is 14.6 Å². The van der Waals surface area contributed by atoms with E-state index in [1.807, 2.05) is 6.07 Å². The van der Waals surface area contributed by atoms with Crippen LogP contribution in [-0.2, 0) is 0 Å². The minimum absolute atomic E-state index is 0.236. The third kappa shape index (κ3) is 7.22. The zero-order valence-electron chi connectivity index (χ0n) is 19.9. The van der Waals surface area contributed by atoms with E-state index in [0.29, 0.717) is 6.61 Å². The van der Waals surface area contributed by atoms with Gasteiger partial charge in [0.1, 0.15) is 11.5 Å². The van der Waals surface area contributed by atoms with Crippen LogP contribution in [0.25, 0.3) is 11.1 Å². The Hall–Kier alpha value is -2.08. The van der Waals surface area contributed by atoms with Gasteiger partial charge in [-0.3, -0.25) is 0 Å². The summed E-state index contributed by atoms with van der Waals surface area (Å²) in [6, 6.07) is 12.6. The Morgan fingerprint density at radius 2 is 1.38 bits per heavy atom. The lowest BCUT2D eigenvalue weighted by Crippen LogP contribution is -2.22. The molecule has 0 aromatic heterocycles. The first kappa shape index (κ1) is 24.6. The maximum Gasteiger partial charge on any atom is 0.122 e. The zero-order chi connectivity index (χ0) is 22.6. The smallest absolute Gasteiger partial charge is 0.122 e. The number of nitrogens with zero attached hydrogens (tertiary/aromatic N) is 1. The lowest BCUT2D eigenvalue weighted by Gasteiger charge is -2.18. The number of rotatable bonds is 14. The molecule has 32 heavy (non-hydrogen) atoms. The molecule has 176 valence electrons. The van der Waals surface area contributed by atoms with Gasteiger partial charge in [-0.15, -0.1) is 0 Å². The lowest BCUT2D eigenvalue weighted by atomic mass is 9.95. The molecule has 0 aliphatic carbocycles. The Kier molecular flexibility index (Phi) is 10.3. The molecule has 2 aromatic rings. The molecule has 2 aromatic carbocycles. The molecule has 0 radical (unpaired) electrons. The van der Waals surface area contributed by atoms with Crippen molar-refractivity contribution in [1.82, 2.24) is 10.2 Å². The third-order valence-corrected chi connectivity index (χ3v) is 6.20. The van der Waals surface area contributed by atoms with E-state index in [0.717, 1.165) is 62.6 Å². The van der Waals surface area contributed by atoms with Crippen LogP contribution < -0.4 is 14.8 Å². The van der Waals surface area contributed by atoms with Crippen molar-refractivity contribution in [3.05, 3.63) is 47.5 Å². The molecule has 0 unspecified atom stereocenters. The second kappa shape index (κ2) is 13.5. The quantitative estimate of drug-likeness (QED) is 0.421. The molecule has 0 amide bonds. The monoisotopic (exact) mass is 440 g/mol. The molecule has 0 bridgehead atoms. The van der Waals surface area contributed by atoms with Crippen LogP contribution in [0.1, 0.15) is 43.2 Å². The summed E-state index contributed by atoms with van der Waals surface area (Å²) in [4.78, 5) is 2.53. The summed E-state index contributed by atoms with van der Waals surface area (Å²) in [5, 5.41) is 12.1. The Morgan fingerprint density at radius 1 is 0.812 bits per heavy atom. The highest BCUT2D eigenvalue weighted by Crippen LogP contribution is 2.35. The van der Waals surface area contributed by atoms with Crippen LogP contribution in [0.4, 0.5) is 0 Å². The summed E-state index contributed by atoms with van der Waals surface area (Å²) in [5.41, 5.74) is 4.75. The van der Waals surface area contributed by atoms with Gasteiger partial charge in [0.15, 0.2) is 0 Å². The standard InChI is InChI=1S/C27H40N2O3/c1-22-24(10-5-12-26(22)31-20-8-15-28-14-7-19-30)25-11-6-13-27(23(25)2)32-21-9-18-29-16-3-4-17-29/h5-6,10-13,28,30H,3-4,7-9,14-21H2,1-2H3. The van der Waals surface area contributed by atoms with Crippen molar-refractivity contribution in [2.24, 2.45) is 0 Å². The number of likely N-dealkylation sites (tertiary alicyclic amines) is 1. The molecule has 0 atom stereocenters. The van der Waals surface area contributed by atoms with Crippen LogP contribution >= 0.6 is 0 Å². The largest absolute Gasteiger partial charge is 0.493 e. The van der Waals surface area contributed by atoms with Crippen LogP contribution in [0.15, 0.2) is 36.4 Å². The van der Waals surface area contributed by atoms with E-state index in [1.54, 1.807) is 0 Å². The second-order valence-corrected chi connectivity index (χ2v) is 8.64. The van der Waals surface area contributed by atoms with Crippen LogP contribution in [0.2, 0.25) is 0 Å². The molecule has 5 heteroatoms. The van der Waals surface area contributed by atoms with Crippen LogP contribution in [-0.4, -0.2) is 62.6 Å². The molecular weight excluding hydrogens is 400 g/mol. The van der Waals surface area contributed by atoms with Gasteiger partial charge < -0.3 is 24.8 Å². The van der Waals surface area contributed by atoms with Crippen molar-refractivity contribution in [2.75, 3.05) is 52.5 Å². The van der Waals surface area contributed by atoms with E-state index in [2.05, 4.69) is 54.4 Å². The molecule has 1 heterocycles. The number of hydrogen-bond donors (Lipinski definition) is 2. The van der Waals surface area contributed by atoms with Gasteiger partial charge in [-0.2, -0.15) is 0 Å². The van der Waals surface area contributed by atoms with Gasteiger partial charge in [0.05, 0.1) is 13.2 Å². The molecule has 0 saturated carbocycles. The van der Waals surface area contributed by atoms with E-state index in [-0.39, 0.29) is 6.61 Å². The third-order valence-electron chi connectivity index (χ3n) is 6.20. The van der Waals surface area contributed by atoms with Crippen molar-refractivity contribution in [2.45, 2.75) is 46.0 Å². The van der Waals surface area contributed by atoms with E-state index in [4.69, 9.17) is 14.6 Å². The normalized spacial score (nSPS) is 14.1. The number of hydrogen-bond acceptors (Lipinski definition) is 5. The first-order valence-corrected chi connectivity index (χ1v) is 12.2. The van der Waals surface area contributed by atoms with E-state index < -0.39 is 0 Å². The highest BCUT2D eigenvalue weighted by molar-refractivity contribution is 5.74. The number of ether oxygens (including phenoxy) is 2. The first-order valence-electron chi connectivity index (χ1n) is 12.2. The molecule has 1 aliphatic rings. The zero-order valence-corrected chi connectivity index (χ0v) is 19.9. The number of aliphatic hydroxyl groups excluding tert-OH is 1. The van der Waals surface area contributed by atoms with Gasteiger partial charge in [-0.25, -0.2) is 0 Å². The average molecular weight is 441 g/mol. The molecule has 1 aliphatic heterocycles. The van der Waals surface area contributed by atoms with Gasteiger partial charge in [-0.05, 0) is 107 Å². The second-order valence-electron chi connectivity index (χ2n) is 8.64. The summed E-state index contributed by atoms with van der Waals surface area (Å²) in [6.45, 7) is 11.3. The van der Waals surface area contributed by atoms with Crippen LogP contribution in [0, 0.1) is 13.8 Å². The number of benzene rings is 2. The van der Waals surface area contributed by atoms with Gasteiger partial charge in [0.25, 0.3) is 0 Å². The van der Waals surface area contributed by atoms with Gasteiger partial charge >= 0.3 is 0 Å². The minimum Gasteiger partial charge on any atom is -0.493 e. The first-order chi connectivity index (χ1) is 15.7. The SMILES string of the molecule is Cc1c(OCCCNCCCO)cccc1-c1cccc(OCCCN2CCCC2)c1C. The maximum atomic E-state index is 8.83. The van der Waals surface area contributed by atoms with Crippen molar-refractivity contribution in [3.63, 3.8) is 0 Å². The molecule has 1 saturated heterocycles. The molecule has 3 rings (SSSR count). The lowest BCUT2D eigenvalue weighted by molar-refractivity contribution is 0.262. The van der Waals surface area contributed by atoms with E-state index in [1.165, 1.54) is 42.6 Å². The van der Waals surface area contributed by atoms with Gasteiger partial charge in [0, 0.05) is 13.2 Å². The summed E-state index contributed by atoms with van der Waals surface area (Å²) in [7, 11) is 0. The Morgan fingerprint density at radius 3 is 1.97 bits per heavy atom. The molecule has 2 N–H and O–H groups in total. The Labute approximate surface area is 193 Å². The summed E-state index contributed by atoms with van der Waals surface area (Å²) in [6.07, 6.45) is 5.48. The topological polar surface area (TPSA) is 54.0 Å². The summed E-state index contributed by atoms with van der Waals surface area (Å²) < 4.78 is 12.2. The van der Waals surface area contributed by atoms with Gasteiger partial charge in [0.2, 0.25) is 0 Å². The Balaban J connectivity index is 1.55. The fraction of sp³-hybridized carbons (Fsp3) is 0.556. The molecule has 5 nitrogen and oxygen atoms in total. The minimum atomic E-state index is 0.236. The van der Waals surface area contributed by atoms with Crippen molar-refractivity contribution >= 4 is 0 Å². The summed E-state index contributed by atoms with van der Waals surface area (Å²) in [5.74, 6) is 1.91. The number of aliphatic hydroxyl groups is 1. The predicted molar refractivity (Wildman–Crippen MR) is 132 cm³/mol. The fourth-order valence-electron chi connectivity index (χ4n) is 4.31. The fourth-order valence-corrected chi connectivity index (χ4v) is 4.31. The molecule has 1 fully saturated rings. The highest BCUT2D eigenvalue weighted by atomic mass is 16.5. The van der Waals surface area contributed by atoms with E-state index in [9.17, 15) is 0 Å². The van der Waals surface area contributed by atoms with Crippen molar-refractivity contribution in [1.29, 1.82) is 0 Å². The average Bonchev–Trinajstić information content (AvgIpc) is 3.32. The maximum absolute atomic E-state index is 8.83. The summed E-state index contributed by atoms with van der Waals surface area (Å²) >= 11 is 0. The van der Waals surface area contributed by atoms with Crippen LogP contribution in [0.3, 0.4) is 0 Å². The number of nitrogens with one attached hydrogen (secondary N) is 1. The highest BCUT2D eigenvalue weighted by Gasteiger charge is 2.13.